The van der Waals surface area contributed by atoms with Crippen molar-refractivity contribution in [3.63, 3.8) is 0 Å². The van der Waals surface area contributed by atoms with E-state index in [1.54, 1.807) is 12.2 Å². The Hall–Kier alpha value is -1.22. The Kier molecular flexibility index (Phi) is 3.77. The molecule has 0 N–H and O–H groups in total. The largest absolute Gasteiger partial charge is 0.496 e. The van der Waals surface area contributed by atoms with Crippen LogP contribution in [0.4, 0.5) is 0 Å². The van der Waals surface area contributed by atoms with Gasteiger partial charge in [0.25, 0.3) is 0 Å². The van der Waals surface area contributed by atoms with E-state index in [-0.39, 0.29) is 0 Å². The van der Waals surface area contributed by atoms with Gasteiger partial charge in [0.05, 0.1) is 13.2 Å². The Bertz CT molecular complexity index is 393. The molecular weight excluding hydrogens is 204 g/mol. The van der Waals surface area contributed by atoms with Gasteiger partial charge < -0.3 is 9.15 Å². The Morgan fingerprint density at radius 3 is 2.93 bits per heavy atom. The number of hydrogen-bond acceptors (Lipinski definition) is 3. The van der Waals surface area contributed by atoms with Gasteiger partial charge in [-0.1, -0.05) is 6.08 Å². The highest BCUT2D eigenvalue weighted by molar-refractivity contribution is 6.19. The first-order chi connectivity index (χ1) is 6.69. The first kappa shape index (κ1) is 10.9. The van der Waals surface area contributed by atoms with Crippen molar-refractivity contribution in [3.05, 3.63) is 33.9 Å². The van der Waals surface area contributed by atoms with E-state index in [2.05, 4.69) is 0 Å². The molecule has 76 valence electrons. The summed E-state index contributed by atoms with van der Waals surface area (Å²) < 4.78 is 9.99. The molecule has 1 rings (SSSR count). The molecule has 3 nitrogen and oxygen atoms in total. The van der Waals surface area contributed by atoms with Gasteiger partial charge in [0.2, 0.25) is 0 Å². The predicted octanol–water partition coefficient (Wildman–Crippen LogP) is 2.21. The van der Waals surface area contributed by atoms with E-state index in [4.69, 9.17) is 20.8 Å². The molecule has 0 atom stereocenters. The van der Waals surface area contributed by atoms with Gasteiger partial charge in [0.15, 0.2) is 0 Å². The highest BCUT2D eigenvalue weighted by Crippen LogP contribution is 2.19. The molecule has 1 heterocycles. The minimum atomic E-state index is -0.429. The minimum Gasteiger partial charge on any atom is -0.496 e. The molecule has 0 aromatic carbocycles. The zero-order valence-electron chi connectivity index (χ0n) is 8.04. The fraction of sp³-hybridized carbons (Fsp3) is 0.300. The predicted molar refractivity (Wildman–Crippen MR) is 56.0 cm³/mol. The summed E-state index contributed by atoms with van der Waals surface area (Å²) in [5.74, 6) is 1.38. The van der Waals surface area contributed by atoms with Gasteiger partial charge in [-0.05, 0) is 13.0 Å². The minimum absolute atomic E-state index is 0.375. The maximum absolute atomic E-state index is 11.1. The molecule has 0 spiro atoms. The van der Waals surface area contributed by atoms with Crippen LogP contribution < -0.4 is 10.4 Å². The molecule has 0 fully saturated rings. The normalized spacial score (nSPS) is 10.8. The number of halogens is 1. The van der Waals surface area contributed by atoms with Gasteiger partial charge >= 0.3 is 5.63 Å². The van der Waals surface area contributed by atoms with Gasteiger partial charge in [-0.2, -0.15) is 0 Å². The van der Waals surface area contributed by atoms with E-state index in [1.807, 2.05) is 6.92 Å². The third-order valence-corrected chi connectivity index (χ3v) is 1.96. The van der Waals surface area contributed by atoms with Crippen molar-refractivity contribution in [2.75, 3.05) is 13.0 Å². The fourth-order valence-electron chi connectivity index (χ4n) is 1.07. The van der Waals surface area contributed by atoms with Crippen LogP contribution in [0.2, 0.25) is 0 Å². The lowest BCUT2D eigenvalue weighted by atomic mass is 10.2. The second-order valence-electron chi connectivity index (χ2n) is 2.68. The summed E-state index contributed by atoms with van der Waals surface area (Å²) in [5.41, 5.74) is 0.357. The van der Waals surface area contributed by atoms with Gasteiger partial charge in [0, 0.05) is 11.4 Å². The Morgan fingerprint density at radius 2 is 2.36 bits per heavy atom. The van der Waals surface area contributed by atoms with Crippen molar-refractivity contribution in [2.24, 2.45) is 0 Å². The van der Waals surface area contributed by atoms with E-state index in [0.717, 1.165) is 5.56 Å². The van der Waals surface area contributed by atoms with Gasteiger partial charge in [-0.15, -0.1) is 11.6 Å². The molecule has 1 aromatic rings. The smallest absolute Gasteiger partial charge is 0.339 e. The van der Waals surface area contributed by atoms with Crippen LogP contribution in [0.25, 0.3) is 6.08 Å². The second-order valence-corrected chi connectivity index (χ2v) is 2.99. The maximum atomic E-state index is 11.1. The number of ether oxygens (including phenoxy) is 1. The van der Waals surface area contributed by atoms with Gasteiger partial charge in [0.1, 0.15) is 11.5 Å². The maximum Gasteiger partial charge on any atom is 0.339 e. The lowest BCUT2D eigenvalue weighted by Crippen LogP contribution is -2.02. The van der Waals surface area contributed by atoms with Crippen molar-refractivity contribution >= 4 is 17.7 Å². The summed E-state index contributed by atoms with van der Waals surface area (Å²) in [6.45, 7) is 1.82. The lowest BCUT2D eigenvalue weighted by molar-refractivity contribution is 0.396. The first-order valence-electron chi connectivity index (χ1n) is 4.10. The summed E-state index contributed by atoms with van der Waals surface area (Å²) in [6.07, 6.45) is 3.36. The zero-order valence-corrected chi connectivity index (χ0v) is 8.80. The SMILES string of the molecule is COc1cc(=O)oc(/C=C/CCl)c1C. The summed E-state index contributed by atoms with van der Waals surface area (Å²) in [4.78, 5) is 11.1. The standard InChI is InChI=1S/C10H11ClO3/c1-7-8(4-3-5-11)14-10(12)6-9(7)13-2/h3-4,6H,5H2,1-2H3/b4-3+. The number of allylic oxidation sites excluding steroid dienone is 1. The summed E-state index contributed by atoms with van der Waals surface area (Å²) in [5, 5.41) is 0. The molecule has 0 aliphatic heterocycles. The number of alkyl halides is 1. The van der Waals surface area contributed by atoms with Crippen LogP contribution in [-0.2, 0) is 0 Å². The van der Waals surface area contributed by atoms with Crippen LogP contribution in [0.5, 0.6) is 5.75 Å². The second kappa shape index (κ2) is 4.86. The third kappa shape index (κ3) is 2.39. The van der Waals surface area contributed by atoms with Crippen molar-refractivity contribution in [2.45, 2.75) is 6.92 Å². The van der Waals surface area contributed by atoms with Crippen LogP contribution in [0.3, 0.4) is 0 Å². The average molecular weight is 215 g/mol. The molecule has 1 aromatic heterocycles. The molecule has 4 heteroatoms. The number of rotatable bonds is 3. The molecular formula is C10H11ClO3. The number of hydrogen-bond donors (Lipinski definition) is 0. The quantitative estimate of drug-likeness (QED) is 0.725. The van der Waals surface area contributed by atoms with Crippen LogP contribution in [-0.4, -0.2) is 13.0 Å². The van der Waals surface area contributed by atoms with Crippen molar-refractivity contribution in [3.8, 4) is 5.75 Å². The van der Waals surface area contributed by atoms with E-state index in [1.165, 1.54) is 13.2 Å². The van der Waals surface area contributed by atoms with Crippen molar-refractivity contribution in [1.82, 2.24) is 0 Å². The van der Waals surface area contributed by atoms with Crippen LogP contribution in [0.15, 0.2) is 21.4 Å². The summed E-state index contributed by atoms with van der Waals surface area (Å²) >= 11 is 5.48. The van der Waals surface area contributed by atoms with Crippen LogP contribution >= 0.6 is 11.6 Å². The molecule has 0 bridgehead atoms. The van der Waals surface area contributed by atoms with E-state index < -0.39 is 5.63 Å². The van der Waals surface area contributed by atoms with Crippen molar-refractivity contribution < 1.29 is 9.15 Å². The molecule has 14 heavy (non-hydrogen) atoms. The lowest BCUT2D eigenvalue weighted by Gasteiger charge is -2.04. The van der Waals surface area contributed by atoms with Crippen LogP contribution in [0.1, 0.15) is 11.3 Å². The fourth-order valence-corrected chi connectivity index (χ4v) is 1.16. The monoisotopic (exact) mass is 214 g/mol. The first-order valence-corrected chi connectivity index (χ1v) is 4.63. The highest BCUT2D eigenvalue weighted by Gasteiger charge is 2.06. The highest BCUT2D eigenvalue weighted by atomic mass is 35.5. The van der Waals surface area contributed by atoms with E-state index in [9.17, 15) is 4.79 Å². The Labute approximate surface area is 86.9 Å². The van der Waals surface area contributed by atoms with Gasteiger partial charge in [-0.25, -0.2) is 4.79 Å². The Morgan fingerprint density at radius 1 is 1.64 bits per heavy atom. The molecule has 0 amide bonds. The third-order valence-electron chi connectivity index (χ3n) is 1.78. The van der Waals surface area contributed by atoms with E-state index in [0.29, 0.717) is 17.4 Å². The van der Waals surface area contributed by atoms with E-state index >= 15 is 0 Å². The topological polar surface area (TPSA) is 39.4 Å². The molecule has 0 aliphatic rings. The van der Waals surface area contributed by atoms with Crippen LogP contribution in [0, 0.1) is 6.92 Å². The zero-order chi connectivity index (χ0) is 10.6. The van der Waals surface area contributed by atoms with Gasteiger partial charge in [-0.3, -0.25) is 0 Å². The van der Waals surface area contributed by atoms with Crippen molar-refractivity contribution in [1.29, 1.82) is 0 Å². The molecule has 0 aliphatic carbocycles. The summed E-state index contributed by atoms with van der Waals surface area (Å²) in [7, 11) is 1.51. The molecule has 0 saturated heterocycles. The summed E-state index contributed by atoms with van der Waals surface area (Å²) in [6, 6.07) is 1.31. The Balaban J connectivity index is 3.22. The molecule has 0 unspecified atom stereocenters. The average Bonchev–Trinajstić information content (AvgIpc) is 2.18. The molecule has 0 radical (unpaired) electrons. The molecule has 0 saturated carbocycles. The number of methoxy groups -OCH3 is 1.